The van der Waals surface area contributed by atoms with Gasteiger partial charge in [0.05, 0.1) is 0 Å². The molecule has 0 aliphatic heterocycles. The molecule has 1 fully saturated rings. The van der Waals surface area contributed by atoms with Gasteiger partial charge in [-0.15, -0.1) is 0 Å². The van der Waals surface area contributed by atoms with Crippen LogP contribution >= 0.6 is 0 Å². The standard InChI is InChI=1S/C15H19F2NO3/c1-2-18-15(14(19)20)7-3-4-11(9-15)21-10-5-6-12(16)13(17)8-10/h5-6,8,11,18H,2-4,7,9H2,1H3,(H,19,20). The van der Waals surface area contributed by atoms with Crippen LogP contribution in [-0.4, -0.2) is 29.3 Å². The fraction of sp³-hybridized carbons (Fsp3) is 0.533. The predicted octanol–water partition coefficient (Wildman–Crippen LogP) is 2.72. The summed E-state index contributed by atoms with van der Waals surface area (Å²) in [5, 5.41) is 12.5. The molecule has 0 saturated heterocycles. The Labute approximate surface area is 122 Å². The first-order valence-corrected chi connectivity index (χ1v) is 7.07. The Bertz CT molecular complexity index is 520. The zero-order valence-electron chi connectivity index (χ0n) is 11.9. The molecule has 1 saturated carbocycles. The van der Waals surface area contributed by atoms with Gasteiger partial charge in [0.1, 0.15) is 17.4 Å². The zero-order chi connectivity index (χ0) is 15.5. The van der Waals surface area contributed by atoms with Gasteiger partial charge < -0.3 is 15.2 Å². The van der Waals surface area contributed by atoms with E-state index < -0.39 is 23.1 Å². The molecule has 2 N–H and O–H groups in total. The van der Waals surface area contributed by atoms with Crippen molar-refractivity contribution in [2.24, 2.45) is 0 Å². The van der Waals surface area contributed by atoms with Crippen molar-refractivity contribution in [2.75, 3.05) is 6.54 Å². The van der Waals surface area contributed by atoms with Crippen LogP contribution in [0.2, 0.25) is 0 Å². The van der Waals surface area contributed by atoms with E-state index in [1.807, 2.05) is 6.92 Å². The largest absolute Gasteiger partial charge is 0.490 e. The molecule has 116 valence electrons. The summed E-state index contributed by atoms with van der Waals surface area (Å²) < 4.78 is 31.7. The number of benzene rings is 1. The number of carboxylic acids is 1. The summed E-state index contributed by atoms with van der Waals surface area (Å²) in [6, 6.07) is 3.34. The maximum Gasteiger partial charge on any atom is 0.324 e. The Morgan fingerprint density at radius 1 is 1.48 bits per heavy atom. The van der Waals surface area contributed by atoms with Crippen molar-refractivity contribution >= 4 is 5.97 Å². The molecular formula is C15H19F2NO3. The van der Waals surface area contributed by atoms with Gasteiger partial charge >= 0.3 is 5.97 Å². The molecule has 1 aliphatic carbocycles. The number of hydrogen-bond acceptors (Lipinski definition) is 3. The summed E-state index contributed by atoms with van der Waals surface area (Å²) in [7, 11) is 0. The van der Waals surface area contributed by atoms with E-state index in [2.05, 4.69) is 5.32 Å². The lowest BCUT2D eigenvalue weighted by Crippen LogP contribution is -2.56. The third-order valence-electron chi connectivity index (χ3n) is 3.82. The lowest BCUT2D eigenvalue weighted by molar-refractivity contribution is -0.147. The van der Waals surface area contributed by atoms with E-state index in [0.717, 1.165) is 12.1 Å². The van der Waals surface area contributed by atoms with Crippen molar-refractivity contribution in [3.05, 3.63) is 29.8 Å². The molecule has 21 heavy (non-hydrogen) atoms. The average Bonchev–Trinajstić information content (AvgIpc) is 2.43. The Morgan fingerprint density at radius 2 is 2.24 bits per heavy atom. The number of rotatable bonds is 5. The van der Waals surface area contributed by atoms with Crippen molar-refractivity contribution < 1.29 is 23.4 Å². The highest BCUT2D eigenvalue weighted by molar-refractivity contribution is 5.79. The van der Waals surface area contributed by atoms with Crippen molar-refractivity contribution in [2.45, 2.75) is 44.2 Å². The molecule has 0 aromatic heterocycles. The van der Waals surface area contributed by atoms with Gasteiger partial charge in [-0.3, -0.25) is 4.79 Å². The second kappa shape index (κ2) is 6.39. The topological polar surface area (TPSA) is 58.6 Å². The molecule has 4 nitrogen and oxygen atoms in total. The number of nitrogens with one attached hydrogen (secondary N) is 1. The molecule has 0 bridgehead atoms. The summed E-state index contributed by atoms with van der Waals surface area (Å²) >= 11 is 0. The van der Waals surface area contributed by atoms with Gasteiger partial charge in [0.2, 0.25) is 0 Å². The Kier molecular flexibility index (Phi) is 4.77. The fourth-order valence-electron chi connectivity index (χ4n) is 2.84. The number of aliphatic carboxylic acids is 1. The van der Waals surface area contributed by atoms with Crippen LogP contribution in [0.15, 0.2) is 18.2 Å². The SMILES string of the molecule is CCNC1(C(=O)O)CCCC(Oc2ccc(F)c(F)c2)C1. The summed E-state index contributed by atoms with van der Waals surface area (Å²) in [6.45, 7) is 2.40. The van der Waals surface area contributed by atoms with Gasteiger partial charge in [-0.2, -0.15) is 0 Å². The minimum Gasteiger partial charge on any atom is -0.490 e. The second-order valence-corrected chi connectivity index (χ2v) is 5.33. The van der Waals surface area contributed by atoms with E-state index in [4.69, 9.17) is 4.74 Å². The zero-order valence-corrected chi connectivity index (χ0v) is 11.9. The molecule has 2 unspecified atom stereocenters. The summed E-state index contributed by atoms with van der Waals surface area (Å²) in [5.41, 5.74) is -1.00. The Balaban J connectivity index is 2.09. The van der Waals surface area contributed by atoms with E-state index in [9.17, 15) is 18.7 Å². The van der Waals surface area contributed by atoms with Gasteiger partial charge in [-0.05, 0) is 37.9 Å². The minimum atomic E-state index is -1.00. The third-order valence-corrected chi connectivity index (χ3v) is 3.82. The van der Waals surface area contributed by atoms with Crippen molar-refractivity contribution in [3.8, 4) is 5.75 Å². The number of carboxylic acid groups (broad SMARTS) is 1. The number of hydrogen-bond donors (Lipinski definition) is 2. The molecule has 0 radical (unpaired) electrons. The van der Waals surface area contributed by atoms with E-state index in [0.29, 0.717) is 32.2 Å². The van der Waals surface area contributed by atoms with Crippen LogP contribution in [0.5, 0.6) is 5.75 Å². The molecule has 1 aliphatic rings. The molecule has 0 spiro atoms. The van der Waals surface area contributed by atoms with Gasteiger partial charge in [0, 0.05) is 12.5 Å². The third kappa shape index (κ3) is 3.50. The van der Waals surface area contributed by atoms with Crippen LogP contribution in [0, 0.1) is 11.6 Å². The van der Waals surface area contributed by atoms with E-state index in [-0.39, 0.29) is 11.9 Å². The van der Waals surface area contributed by atoms with Crippen molar-refractivity contribution in [1.29, 1.82) is 0 Å². The van der Waals surface area contributed by atoms with Crippen LogP contribution in [0.25, 0.3) is 0 Å². The fourth-order valence-corrected chi connectivity index (χ4v) is 2.84. The number of likely N-dealkylation sites (N-methyl/N-ethyl adjacent to an activating group) is 1. The normalized spacial score (nSPS) is 25.6. The second-order valence-electron chi connectivity index (χ2n) is 5.33. The van der Waals surface area contributed by atoms with Crippen LogP contribution in [0.3, 0.4) is 0 Å². The van der Waals surface area contributed by atoms with Crippen molar-refractivity contribution in [3.63, 3.8) is 0 Å². The van der Waals surface area contributed by atoms with Crippen LogP contribution in [0.4, 0.5) is 8.78 Å². The average molecular weight is 299 g/mol. The lowest BCUT2D eigenvalue weighted by Gasteiger charge is -2.38. The van der Waals surface area contributed by atoms with Gasteiger partial charge in [0.25, 0.3) is 0 Å². The maximum atomic E-state index is 13.2. The minimum absolute atomic E-state index is 0.219. The molecule has 2 rings (SSSR count). The van der Waals surface area contributed by atoms with Gasteiger partial charge in [0.15, 0.2) is 11.6 Å². The molecule has 0 heterocycles. The van der Waals surface area contributed by atoms with Crippen LogP contribution in [0.1, 0.15) is 32.6 Å². The summed E-state index contributed by atoms with van der Waals surface area (Å²) in [5.74, 6) is -2.59. The highest BCUT2D eigenvalue weighted by Gasteiger charge is 2.43. The highest BCUT2D eigenvalue weighted by Crippen LogP contribution is 2.31. The van der Waals surface area contributed by atoms with Crippen LogP contribution in [-0.2, 0) is 4.79 Å². The highest BCUT2D eigenvalue weighted by atomic mass is 19.2. The number of carbonyl (C=O) groups is 1. The van der Waals surface area contributed by atoms with Crippen molar-refractivity contribution in [1.82, 2.24) is 5.32 Å². The van der Waals surface area contributed by atoms with Crippen LogP contribution < -0.4 is 10.1 Å². The molecule has 2 atom stereocenters. The quantitative estimate of drug-likeness (QED) is 0.877. The first-order chi connectivity index (χ1) is 9.97. The monoisotopic (exact) mass is 299 g/mol. The van der Waals surface area contributed by atoms with E-state index in [1.54, 1.807) is 0 Å². The Hall–Kier alpha value is -1.69. The van der Waals surface area contributed by atoms with Gasteiger partial charge in [-0.25, -0.2) is 8.78 Å². The predicted molar refractivity (Wildman–Crippen MR) is 73.3 cm³/mol. The lowest BCUT2D eigenvalue weighted by atomic mass is 9.80. The van der Waals surface area contributed by atoms with E-state index in [1.165, 1.54) is 6.07 Å². The van der Waals surface area contributed by atoms with Gasteiger partial charge in [-0.1, -0.05) is 6.92 Å². The Morgan fingerprint density at radius 3 is 2.86 bits per heavy atom. The number of halogens is 2. The molecule has 1 aromatic carbocycles. The number of ether oxygens (including phenoxy) is 1. The first kappa shape index (κ1) is 15.7. The molecule has 0 amide bonds. The molecule has 6 heteroatoms. The first-order valence-electron chi connectivity index (χ1n) is 7.07. The molecular weight excluding hydrogens is 280 g/mol. The summed E-state index contributed by atoms with van der Waals surface area (Å²) in [4.78, 5) is 11.5. The molecule has 1 aromatic rings. The maximum absolute atomic E-state index is 13.2. The summed E-state index contributed by atoms with van der Waals surface area (Å²) in [6.07, 6.45) is 1.90. The van der Waals surface area contributed by atoms with E-state index >= 15 is 0 Å². The smallest absolute Gasteiger partial charge is 0.324 e.